The summed E-state index contributed by atoms with van der Waals surface area (Å²) in [7, 11) is 0. The minimum absolute atomic E-state index is 0.218. The van der Waals surface area contributed by atoms with Crippen LogP contribution in [0.3, 0.4) is 0 Å². The maximum Gasteiger partial charge on any atom is 0.183 e. The number of carbonyl (C=O) groups is 1. The molecule has 3 heteroatoms. The van der Waals surface area contributed by atoms with E-state index in [1.54, 1.807) is 0 Å². The standard InChI is InChI=1S/C16H20ClNO/c17-14-7-5-13(6-8-14)15(19)16(9-1-2-10-16)18-11-3-4-12-18/h5-8H,1-4,9-12H2. The predicted octanol–water partition coefficient (Wildman–Crippen LogP) is 3.93. The number of carbonyl (C=O) groups excluding carboxylic acids is 1. The maximum atomic E-state index is 13.0. The molecule has 0 spiro atoms. The van der Waals surface area contributed by atoms with Gasteiger partial charge < -0.3 is 0 Å². The lowest BCUT2D eigenvalue weighted by Gasteiger charge is -2.37. The fourth-order valence-corrected chi connectivity index (χ4v) is 3.79. The molecule has 0 N–H and O–H groups in total. The molecule has 102 valence electrons. The fraction of sp³-hybridized carbons (Fsp3) is 0.562. The van der Waals surface area contributed by atoms with E-state index in [9.17, 15) is 4.79 Å². The average molecular weight is 278 g/mol. The molecular weight excluding hydrogens is 258 g/mol. The van der Waals surface area contributed by atoms with Crippen molar-refractivity contribution in [2.24, 2.45) is 0 Å². The van der Waals surface area contributed by atoms with Crippen LogP contribution in [0.25, 0.3) is 0 Å². The average Bonchev–Trinajstić information content (AvgIpc) is 3.10. The van der Waals surface area contributed by atoms with Crippen LogP contribution >= 0.6 is 11.6 Å². The lowest BCUT2D eigenvalue weighted by Crippen LogP contribution is -2.51. The van der Waals surface area contributed by atoms with Crippen LogP contribution in [0.2, 0.25) is 5.02 Å². The summed E-state index contributed by atoms with van der Waals surface area (Å²) in [6.07, 6.45) is 6.86. The number of hydrogen-bond acceptors (Lipinski definition) is 2. The van der Waals surface area contributed by atoms with E-state index in [1.807, 2.05) is 24.3 Å². The molecule has 0 bridgehead atoms. The molecule has 1 aliphatic heterocycles. The molecule has 2 nitrogen and oxygen atoms in total. The third-order valence-electron chi connectivity index (χ3n) is 4.67. The lowest BCUT2D eigenvalue weighted by atomic mass is 9.86. The van der Waals surface area contributed by atoms with Gasteiger partial charge in [0.2, 0.25) is 0 Å². The van der Waals surface area contributed by atoms with Gasteiger partial charge in [-0.3, -0.25) is 9.69 Å². The summed E-state index contributed by atoms with van der Waals surface area (Å²) in [6, 6.07) is 7.39. The molecule has 0 amide bonds. The van der Waals surface area contributed by atoms with Crippen molar-refractivity contribution < 1.29 is 4.79 Å². The zero-order valence-corrected chi connectivity index (χ0v) is 12.0. The molecule has 1 saturated carbocycles. The second-order valence-electron chi connectivity index (χ2n) is 5.77. The molecule has 3 rings (SSSR count). The van der Waals surface area contributed by atoms with Crippen molar-refractivity contribution in [3.8, 4) is 0 Å². The van der Waals surface area contributed by atoms with Crippen LogP contribution in [0.5, 0.6) is 0 Å². The Morgan fingerprint density at radius 1 is 1.00 bits per heavy atom. The van der Waals surface area contributed by atoms with E-state index < -0.39 is 0 Å². The fourth-order valence-electron chi connectivity index (χ4n) is 3.66. The van der Waals surface area contributed by atoms with Gasteiger partial charge in [0.25, 0.3) is 0 Å². The number of nitrogens with zero attached hydrogens (tertiary/aromatic N) is 1. The summed E-state index contributed by atoms with van der Waals surface area (Å²) < 4.78 is 0. The first kappa shape index (κ1) is 13.1. The number of ketones is 1. The quantitative estimate of drug-likeness (QED) is 0.780. The number of likely N-dealkylation sites (tertiary alicyclic amines) is 1. The van der Waals surface area contributed by atoms with Crippen LogP contribution in [-0.4, -0.2) is 29.3 Å². The summed E-state index contributed by atoms with van der Waals surface area (Å²) >= 11 is 5.92. The Morgan fingerprint density at radius 2 is 1.58 bits per heavy atom. The summed E-state index contributed by atoms with van der Waals surface area (Å²) in [5, 5.41) is 0.693. The van der Waals surface area contributed by atoms with Crippen LogP contribution in [0.4, 0.5) is 0 Å². The molecule has 1 aromatic rings. The normalized spacial score (nSPS) is 22.8. The Labute approximate surface area is 119 Å². The Balaban J connectivity index is 1.91. The van der Waals surface area contributed by atoms with Crippen molar-refractivity contribution in [3.63, 3.8) is 0 Å². The van der Waals surface area contributed by atoms with Crippen LogP contribution in [0, 0.1) is 0 Å². The molecule has 1 aromatic carbocycles. The van der Waals surface area contributed by atoms with Gasteiger partial charge in [0.1, 0.15) is 0 Å². The van der Waals surface area contributed by atoms with Crippen molar-refractivity contribution in [2.45, 2.75) is 44.1 Å². The lowest BCUT2D eigenvalue weighted by molar-refractivity contribution is 0.0626. The number of halogens is 1. The molecule has 2 aliphatic rings. The van der Waals surface area contributed by atoms with Crippen molar-refractivity contribution in [2.75, 3.05) is 13.1 Å². The highest BCUT2D eigenvalue weighted by molar-refractivity contribution is 6.30. The van der Waals surface area contributed by atoms with Gasteiger partial charge in [-0.25, -0.2) is 0 Å². The van der Waals surface area contributed by atoms with Gasteiger partial charge in [0, 0.05) is 10.6 Å². The molecule has 19 heavy (non-hydrogen) atoms. The van der Waals surface area contributed by atoms with Crippen molar-refractivity contribution in [3.05, 3.63) is 34.9 Å². The molecule has 0 unspecified atom stereocenters. The van der Waals surface area contributed by atoms with Crippen LogP contribution in [-0.2, 0) is 0 Å². The molecular formula is C16H20ClNO. The topological polar surface area (TPSA) is 20.3 Å². The monoisotopic (exact) mass is 277 g/mol. The highest BCUT2D eigenvalue weighted by Gasteiger charge is 2.46. The van der Waals surface area contributed by atoms with Gasteiger partial charge in [0.05, 0.1) is 5.54 Å². The minimum atomic E-state index is -0.218. The van der Waals surface area contributed by atoms with Crippen molar-refractivity contribution in [1.82, 2.24) is 4.90 Å². The first-order chi connectivity index (χ1) is 9.22. The van der Waals surface area contributed by atoms with Crippen LogP contribution in [0.15, 0.2) is 24.3 Å². The first-order valence-electron chi connectivity index (χ1n) is 7.28. The van der Waals surface area contributed by atoms with Gasteiger partial charge >= 0.3 is 0 Å². The Kier molecular flexibility index (Phi) is 3.64. The van der Waals surface area contributed by atoms with Crippen LogP contribution < -0.4 is 0 Å². The van der Waals surface area contributed by atoms with Crippen molar-refractivity contribution >= 4 is 17.4 Å². The number of Topliss-reactive ketones (excluding diaryl/α,β-unsaturated/α-hetero) is 1. The maximum absolute atomic E-state index is 13.0. The Morgan fingerprint density at radius 3 is 2.16 bits per heavy atom. The number of hydrogen-bond donors (Lipinski definition) is 0. The third-order valence-corrected chi connectivity index (χ3v) is 4.92. The van der Waals surface area contributed by atoms with E-state index in [1.165, 1.54) is 25.7 Å². The van der Waals surface area contributed by atoms with Crippen molar-refractivity contribution in [1.29, 1.82) is 0 Å². The highest BCUT2D eigenvalue weighted by Crippen LogP contribution is 2.40. The van der Waals surface area contributed by atoms with Gasteiger partial charge in [-0.2, -0.15) is 0 Å². The highest BCUT2D eigenvalue weighted by atomic mass is 35.5. The summed E-state index contributed by atoms with van der Waals surface area (Å²) in [6.45, 7) is 2.17. The zero-order chi connectivity index (χ0) is 13.3. The van der Waals surface area contributed by atoms with Gasteiger partial charge in [-0.1, -0.05) is 24.4 Å². The second kappa shape index (κ2) is 5.26. The molecule has 2 fully saturated rings. The Hall–Kier alpha value is -0.860. The molecule has 0 aromatic heterocycles. The van der Waals surface area contributed by atoms with Gasteiger partial charge in [-0.05, 0) is 63.0 Å². The van der Waals surface area contributed by atoms with E-state index >= 15 is 0 Å². The Bertz CT molecular complexity index is 456. The summed E-state index contributed by atoms with van der Waals surface area (Å²) in [5.74, 6) is 0.309. The summed E-state index contributed by atoms with van der Waals surface area (Å²) in [4.78, 5) is 15.4. The second-order valence-corrected chi connectivity index (χ2v) is 6.21. The molecule has 0 radical (unpaired) electrons. The van der Waals surface area contributed by atoms with E-state index in [0.29, 0.717) is 10.8 Å². The zero-order valence-electron chi connectivity index (χ0n) is 11.2. The first-order valence-corrected chi connectivity index (χ1v) is 7.66. The largest absolute Gasteiger partial charge is 0.292 e. The van der Waals surface area contributed by atoms with Gasteiger partial charge in [-0.15, -0.1) is 0 Å². The number of benzene rings is 1. The third kappa shape index (κ3) is 2.32. The minimum Gasteiger partial charge on any atom is -0.292 e. The molecule has 1 aliphatic carbocycles. The molecule has 1 saturated heterocycles. The predicted molar refractivity (Wildman–Crippen MR) is 77.8 cm³/mol. The van der Waals surface area contributed by atoms with Gasteiger partial charge in [0.15, 0.2) is 5.78 Å². The van der Waals surface area contributed by atoms with E-state index in [-0.39, 0.29) is 5.54 Å². The van der Waals surface area contributed by atoms with E-state index in [0.717, 1.165) is 31.5 Å². The van der Waals surface area contributed by atoms with Crippen LogP contribution in [0.1, 0.15) is 48.9 Å². The SMILES string of the molecule is O=C(c1ccc(Cl)cc1)C1(N2CCCC2)CCCC1. The molecule has 1 heterocycles. The molecule has 0 atom stereocenters. The summed E-state index contributed by atoms with van der Waals surface area (Å²) in [5.41, 5.74) is 0.600. The number of rotatable bonds is 3. The smallest absolute Gasteiger partial charge is 0.183 e. The van der Waals surface area contributed by atoms with E-state index in [4.69, 9.17) is 11.6 Å². The van der Waals surface area contributed by atoms with E-state index in [2.05, 4.69) is 4.90 Å².